The first-order valence-corrected chi connectivity index (χ1v) is 13.7. The van der Waals surface area contributed by atoms with Crippen molar-refractivity contribution in [3.05, 3.63) is 70.4 Å². The highest BCUT2D eigenvalue weighted by Crippen LogP contribution is 2.39. The van der Waals surface area contributed by atoms with Crippen LogP contribution in [0.3, 0.4) is 0 Å². The van der Waals surface area contributed by atoms with E-state index in [-0.39, 0.29) is 23.3 Å². The van der Waals surface area contributed by atoms with E-state index in [0.717, 1.165) is 24.0 Å². The predicted molar refractivity (Wildman–Crippen MR) is 149 cm³/mol. The molecule has 0 radical (unpaired) electrons. The van der Waals surface area contributed by atoms with Crippen molar-refractivity contribution in [1.29, 1.82) is 0 Å². The molecule has 0 saturated carbocycles. The van der Waals surface area contributed by atoms with Crippen molar-refractivity contribution in [2.75, 3.05) is 13.1 Å². The van der Waals surface area contributed by atoms with Gasteiger partial charge in [0.15, 0.2) is 5.43 Å². The third kappa shape index (κ3) is 4.39. The number of rotatable bonds is 6. The Hall–Kier alpha value is -4.33. The van der Waals surface area contributed by atoms with Gasteiger partial charge in [-0.05, 0) is 55.8 Å². The number of pyridine rings is 1. The van der Waals surface area contributed by atoms with Crippen molar-refractivity contribution in [3.8, 4) is 35.0 Å². The van der Waals surface area contributed by atoms with Gasteiger partial charge in [-0.3, -0.25) is 4.79 Å². The average molecular weight is 546 g/mol. The summed E-state index contributed by atoms with van der Waals surface area (Å²) < 4.78 is 48.2. The first-order chi connectivity index (χ1) is 18.6. The number of ether oxygens (including phenoxy) is 1. The summed E-state index contributed by atoms with van der Waals surface area (Å²) in [7, 11) is -5.20. The molecule has 0 spiro atoms. The van der Waals surface area contributed by atoms with Crippen LogP contribution in [0.1, 0.15) is 25.5 Å². The number of nitrogens with zero attached hydrogens (tertiary/aromatic N) is 1. The van der Waals surface area contributed by atoms with E-state index in [9.17, 15) is 17.1 Å². The van der Waals surface area contributed by atoms with Gasteiger partial charge >= 0.3 is 10.5 Å². The van der Waals surface area contributed by atoms with Gasteiger partial charge in [0.25, 0.3) is 0 Å². The lowest BCUT2D eigenvalue weighted by Gasteiger charge is -2.32. The maximum atomic E-state index is 14.0. The minimum absolute atomic E-state index is 0.0758. The lowest BCUT2D eigenvalue weighted by Crippen LogP contribution is -2.44. The molecule has 1 fully saturated rings. The Morgan fingerprint density at radius 1 is 1.10 bits per heavy atom. The van der Waals surface area contributed by atoms with Crippen LogP contribution >= 0.6 is 0 Å². The van der Waals surface area contributed by atoms with Crippen molar-refractivity contribution in [2.24, 2.45) is 0 Å². The molecule has 1 aliphatic rings. The van der Waals surface area contributed by atoms with Crippen molar-refractivity contribution in [3.63, 3.8) is 0 Å². The molecule has 0 unspecified atom stereocenters. The summed E-state index contributed by atoms with van der Waals surface area (Å²) >= 11 is 0. The molecular formula is C29H24FN3O5S. The van der Waals surface area contributed by atoms with Crippen LogP contribution in [0.5, 0.6) is 11.5 Å². The lowest BCUT2D eigenvalue weighted by molar-refractivity contribution is 0.244. The predicted octanol–water partition coefficient (Wildman–Crippen LogP) is 4.81. The number of aromatic nitrogens is 2. The Balaban J connectivity index is 1.69. The number of benzene rings is 3. The molecule has 0 bridgehead atoms. The van der Waals surface area contributed by atoms with E-state index in [1.165, 1.54) is 12.1 Å². The zero-order valence-electron chi connectivity index (χ0n) is 21.1. The van der Waals surface area contributed by atoms with E-state index in [4.69, 9.17) is 11.2 Å². The summed E-state index contributed by atoms with van der Waals surface area (Å²) in [6.45, 7) is 5.17. The molecule has 3 heterocycles. The first-order valence-electron chi connectivity index (χ1n) is 12.4. The van der Waals surface area contributed by atoms with Crippen molar-refractivity contribution in [1.82, 2.24) is 14.9 Å². The zero-order valence-corrected chi connectivity index (χ0v) is 21.9. The molecule has 3 aromatic carbocycles. The smallest absolute Gasteiger partial charge is 0.488 e. The first kappa shape index (κ1) is 25.0. The van der Waals surface area contributed by atoms with E-state index < -0.39 is 10.5 Å². The fraction of sp³-hybridized carbons (Fsp3) is 0.207. The topological polar surface area (TPSA) is 102 Å². The summed E-state index contributed by atoms with van der Waals surface area (Å²) in [6, 6.07) is 15.3. The molecule has 0 aliphatic carbocycles. The van der Waals surface area contributed by atoms with Gasteiger partial charge in [-0.2, -0.15) is 8.42 Å². The normalized spacial score (nSPS) is 14.1. The van der Waals surface area contributed by atoms with Crippen molar-refractivity contribution >= 4 is 43.3 Å². The summed E-state index contributed by atoms with van der Waals surface area (Å²) in [6.07, 6.45) is 5.39. The lowest BCUT2D eigenvalue weighted by atomic mass is 9.99. The summed E-state index contributed by atoms with van der Waals surface area (Å²) in [5.74, 6) is 2.89. The van der Waals surface area contributed by atoms with Crippen molar-refractivity contribution < 1.29 is 21.2 Å². The van der Waals surface area contributed by atoms with E-state index >= 15 is 0 Å². The second-order valence-corrected chi connectivity index (χ2v) is 10.8. The molecule has 8 nitrogen and oxygen atoms in total. The Bertz CT molecular complexity index is 2000. The monoisotopic (exact) mass is 545 g/mol. The second kappa shape index (κ2) is 9.15. The van der Waals surface area contributed by atoms with E-state index in [1.807, 2.05) is 38.1 Å². The molecule has 0 atom stereocenters. The highest BCUT2D eigenvalue weighted by atomic mass is 32.3. The van der Waals surface area contributed by atoms with Gasteiger partial charge < -0.3 is 23.8 Å². The van der Waals surface area contributed by atoms with Crippen LogP contribution in [0.25, 0.3) is 44.0 Å². The third-order valence-electron chi connectivity index (χ3n) is 6.84. The molecular weight excluding hydrogens is 521 g/mol. The Kier molecular flexibility index (Phi) is 5.86. The van der Waals surface area contributed by atoms with E-state index in [1.54, 1.807) is 18.2 Å². The van der Waals surface area contributed by atoms with Gasteiger partial charge in [-0.15, -0.1) is 6.42 Å². The molecule has 2 aromatic heterocycles. The number of halogens is 1. The number of nitrogens with one attached hydrogen (secondary N) is 2. The number of terminal acetylenes is 1. The largest absolute Gasteiger partial charge is 0.490 e. The highest BCUT2D eigenvalue weighted by molar-refractivity contribution is 7.81. The van der Waals surface area contributed by atoms with Gasteiger partial charge in [-0.1, -0.05) is 28.0 Å². The second-order valence-electron chi connectivity index (χ2n) is 9.80. The van der Waals surface area contributed by atoms with Crippen LogP contribution in [0.4, 0.5) is 3.89 Å². The van der Waals surface area contributed by atoms with Gasteiger partial charge in [0.05, 0.1) is 28.4 Å². The maximum absolute atomic E-state index is 14.0. The van der Waals surface area contributed by atoms with E-state index in [0.29, 0.717) is 44.4 Å². The number of hydrogen-bond donors (Lipinski definition) is 2. The zero-order chi connectivity index (χ0) is 27.5. The molecule has 39 heavy (non-hydrogen) atoms. The van der Waals surface area contributed by atoms with Crippen LogP contribution in [-0.4, -0.2) is 37.2 Å². The van der Waals surface area contributed by atoms with Crippen LogP contribution < -0.4 is 19.7 Å². The summed E-state index contributed by atoms with van der Waals surface area (Å²) in [5.41, 5.74) is 3.83. The molecule has 198 valence electrons. The fourth-order valence-corrected chi connectivity index (χ4v) is 5.46. The van der Waals surface area contributed by atoms with E-state index in [2.05, 4.69) is 25.0 Å². The van der Waals surface area contributed by atoms with Gasteiger partial charge in [0.1, 0.15) is 17.1 Å². The van der Waals surface area contributed by atoms with Gasteiger partial charge in [0, 0.05) is 35.1 Å². The number of aromatic amines is 1. The van der Waals surface area contributed by atoms with Crippen LogP contribution in [0.15, 0.2) is 59.4 Å². The van der Waals surface area contributed by atoms with Crippen molar-refractivity contribution in [2.45, 2.75) is 26.0 Å². The Morgan fingerprint density at radius 2 is 1.90 bits per heavy atom. The molecule has 2 N–H and O–H groups in total. The molecule has 10 heteroatoms. The highest BCUT2D eigenvalue weighted by Gasteiger charge is 2.26. The molecule has 1 saturated heterocycles. The third-order valence-corrected chi connectivity index (χ3v) is 7.24. The van der Waals surface area contributed by atoms with Crippen LogP contribution in [0, 0.1) is 12.3 Å². The fourth-order valence-electron chi connectivity index (χ4n) is 5.13. The maximum Gasteiger partial charge on any atom is 0.488 e. The standard InChI is InChI=1S/C29H24FN3O5S/c1-4-17-8-9-21-24(10-17)32-29-27(21)28(34)23-13-26(37-16(2)3)22(12-25(23)33(29)19-14-31-15-19)18-6-5-7-20(11-18)38-39(30,35)36/h1,5-13,16,19,31-32H,14-15H2,2-3H3. The van der Waals surface area contributed by atoms with Crippen LogP contribution in [0.2, 0.25) is 0 Å². The molecule has 6 rings (SSSR count). The molecule has 1 aliphatic heterocycles. The minimum Gasteiger partial charge on any atom is -0.490 e. The average Bonchev–Trinajstić information content (AvgIpc) is 3.22. The number of fused-ring (bicyclic) bond motifs is 4. The number of hydrogen-bond acceptors (Lipinski definition) is 6. The Morgan fingerprint density at radius 3 is 2.56 bits per heavy atom. The molecule has 0 amide bonds. The number of H-pyrrole nitrogens is 1. The summed E-state index contributed by atoms with van der Waals surface area (Å²) in [4.78, 5) is 17.4. The van der Waals surface area contributed by atoms with Gasteiger partial charge in [-0.25, -0.2) is 0 Å². The SMILES string of the molecule is C#Cc1ccc2c(c1)[nH]c1c2c(=O)c2cc(OC(C)C)c(-c3cccc(OS(=O)(=O)F)c3)cc2n1C1CNC1. The quantitative estimate of drug-likeness (QED) is 0.235. The minimum atomic E-state index is -5.20. The van der Waals surface area contributed by atoms with Crippen LogP contribution in [-0.2, 0) is 10.5 Å². The molecule has 5 aromatic rings. The Labute approximate surface area is 223 Å². The summed E-state index contributed by atoms with van der Waals surface area (Å²) in [5, 5.41) is 5.13. The van der Waals surface area contributed by atoms with Gasteiger partial charge in [0.2, 0.25) is 0 Å².